The Morgan fingerprint density at radius 2 is 1.86 bits per heavy atom. The molecule has 3 aliphatic rings. The molecule has 0 atom stereocenters. The first-order valence-corrected chi connectivity index (χ1v) is 10.2. The zero-order valence-corrected chi connectivity index (χ0v) is 17.5. The Morgan fingerprint density at radius 1 is 1.10 bits per heavy atom. The zero-order chi connectivity index (χ0) is 19.1. The fraction of sp³-hybridized carbons (Fsp3) is 0.320. The average Bonchev–Trinajstić information content (AvgIpc) is 3.18. The van der Waals surface area contributed by atoms with Gasteiger partial charge in [0.15, 0.2) is 0 Å². The van der Waals surface area contributed by atoms with Crippen molar-refractivity contribution in [2.45, 2.75) is 25.7 Å². The van der Waals surface area contributed by atoms with Crippen molar-refractivity contribution in [2.24, 2.45) is 5.92 Å². The van der Waals surface area contributed by atoms with E-state index in [-0.39, 0.29) is 18.4 Å². The number of carbonyl (C=O) groups excluding carboxylic acids is 1. The SMILES string of the molecule is CN1CCC(CC(=O)OC2=CCc3c(ccc4c5c(ccc34)=CC=C5)=C2)CC1.Cl. The molecule has 0 unspecified atom stereocenters. The Labute approximate surface area is 177 Å². The number of carbonyl (C=O) groups is 1. The molecule has 0 amide bonds. The second-order valence-electron chi connectivity index (χ2n) is 8.20. The van der Waals surface area contributed by atoms with Gasteiger partial charge < -0.3 is 9.64 Å². The summed E-state index contributed by atoms with van der Waals surface area (Å²) in [7, 11) is 2.14. The molecule has 0 N–H and O–H groups in total. The van der Waals surface area contributed by atoms with Crippen molar-refractivity contribution < 1.29 is 9.53 Å². The van der Waals surface area contributed by atoms with Crippen molar-refractivity contribution in [1.29, 1.82) is 0 Å². The minimum absolute atomic E-state index is 0. The molecule has 4 heteroatoms. The van der Waals surface area contributed by atoms with Gasteiger partial charge in [-0.3, -0.25) is 4.79 Å². The molecule has 1 fully saturated rings. The monoisotopic (exact) mass is 407 g/mol. The van der Waals surface area contributed by atoms with Crippen LogP contribution in [0.4, 0.5) is 0 Å². The number of nitrogens with zero attached hydrogens (tertiary/aromatic N) is 1. The highest BCUT2D eigenvalue weighted by Crippen LogP contribution is 2.24. The molecular weight excluding hydrogens is 382 g/mol. The predicted molar refractivity (Wildman–Crippen MR) is 121 cm³/mol. The van der Waals surface area contributed by atoms with E-state index in [9.17, 15) is 4.79 Å². The molecule has 150 valence electrons. The van der Waals surface area contributed by atoms with E-state index in [0.29, 0.717) is 18.1 Å². The van der Waals surface area contributed by atoms with Crippen molar-refractivity contribution in [3.8, 4) is 0 Å². The molecule has 2 aromatic carbocycles. The molecule has 0 saturated carbocycles. The highest BCUT2D eigenvalue weighted by Gasteiger charge is 2.21. The highest BCUT2D eigenvalue weighted by atomic mass is 35.5. The summed E-state index contributed by atoms with van der Waals surface area (Å²) >= 11 is 0. The first kappa shape index (κ1) is 19.9. The van der Waals surface area contributed by atoms with Crippen molar-refractivity contribution in [1.82, 2.24) is 4.90 Å². The number of ether oxygens (including phenoxy) is 1. The van der Waals surface area contributed by atoms with Crippen molar-refractivity contribution in [3.05, 3.63) is 63.7 Å². The molecule has 1 saturated heterocycles. The third-order valence-corrected chi connectivity index (χ3v) is 6.29. The van der Waals surface area contributed by atoms with Crippen LogP contribution in [0, 0.1) is 5.92 Å². The van der Waals surface area contributed by atoms with Crippen LogP contribution < -0.4 is 10.4 Å². The number of fused-ring (bicyclic) bond motifs is 5. The number of allylic oxidation sites excluding steroid dienone is 3. The van der Waals surface area contributed by atoms with E-state index >= 15 is 0 Å². The molecule has 0 radical (unpaired) electrons. The summed E-state index contributed by atoms with van der Waals surface area (Å²) in [6.45, 7) is 2.15. The van der Waals surface area contributed by atoms with Gasteiger partial charge in [0.05, 0.1) is 0 Å². The van der Waals surface area contributed by atoms with Crippen LogP contribution in [0.25, 0.3) is 29.0 Å². The predicted octanol–water partition coefficient (Wildman–Crippen LogP) is 3.56. The fourth-order valence-corrected chi connectivity index (χ4v) is 4.63. The van der Waals surface area contributed by atoms with E-state index in [2.05, 4.69) is 54.4 Å². The van der Waals surface area contributed by atoms with Crippen molar-refractivity contribution in [2.75, 3.05) is 20.1 Å². The molecule has 0 aromatic heterocycles. The maximum atomic E-state index is 12.4. The first-order valence-electron chi connectivity index (χ1n) is 10.2. The number of halogens is 1. The van der Waals surface area contributed by atoms with Crippen LogP contribution in [-0.2, 0) is 16.0 Å². The summed E-state index contributed by atoms with van der Waals surface area (Å²) in [6.07, 6.45) is 14.0. The lowest BCUT2D eigenvalue weighted by atomic mass is 9.93. The minimum Gasteiger partial charge on any atom is -0.427 e. The summed E-state index contributed by atoms with van der Waals surface area (Å²) in [6, 6.07) is 8.76. The van der Waals surface area contributed by atoms with Gasteiger partial charge in [-0.05, 0) is 89.8 Å². The van der Waals surface area contributed by atoms with E-state index in [0.717, 1.165) is 37.6 Å². The molecule has 1 heterocycles. The third-order valence-electron chi connectivity index (χ3n) is 6.29. The third kappa shape index (κ3) is 3.90. The number of hydrogen-bond acceptors (Lipinski definition) is 3. The summed E-state index contributed by atoms with van der Waals surface area (Å²) in [5.74, 6) is 1.05. The largest absolute Gasteiger partial charge is 0.427 e. The number of likely N-dealkylation sites (tertiary alicyclic amines) is 1. The van der Waals surface area contributed by atoms with Gasteiger partial charge in [-0.2, -0.15) is 0 Å². The molecule has 0 spiro atoms. The second-order valence-corrected chi connectivity index (χ2v) is 8.20. The molecule has 3 nitrogen and oxygen atoms in total. The van der Waals surface area contributed by atoms with Crippen LogP contribution >= 0.6 is 12.4 Å². The quantitative estimate of drug-likeness (QED) is 0.728. The molecule has 2 aliphatic carbocycles. The lowest BCUT2D eigenvalue weighted by molar-refractivity contribution is -0.140. The van der Waals surface area contributed by atoms with Crippen LogP contribution in [0.15, 0.2) is 42.2 Å². The Hall–Kier alpha value is -2.36. The van der Waals surface area contributed by atoms with Gasteiger partial charge in [0.1, 0.15) is 5.76 Å². The van der Waals surface area contributed by atoms with Gasteiger partial charge in [0.25, 0.3) is 0 Å². The summed E-state index contributed by atoms with van der Waals surface area (Å²) in [5.41, 5.74) is 2.62. The number of rotatable bonds is 3. The van der Waals surface area contributed by atoms with Crippen LogP contribution in [0.3, 0.4) is 0 Å². The maximum absolute atomic E-state index is 12.4. The molecule has 2 aromatic rings. The topological polar surface area (TPSA) is 29.5 Å². The summed E-state index contributed by atoms with van der Waals surface area (Å²) in [4.78, 5) is 14.7. The van der Waals surface area contributed by atoms with Gasteiger partial charge in [-0.15, -0.1) is 12.4 Å². The lowest BCUT2D eigenvalue weighted by Crippen LogP contribution is -2.31. The van der Waals surface area contributed by atoms with E-state index in [1.165, 1.54) is 27.1 Å². The second kappa shape index (κ2) is 8.17. The lowest BCUT2D eigenvalue weighted by Gasteiger charge is -2.28. The van der Waals surface area contributed by atoms with Crippen LogP contribution in [-0.4, -0.2) is 31.0 Å². The van der Waals surface area contributed by atoms with E-state index in [1.807, 2.05) is 12.2 Å². The summed E-state index contributed by atoms with van der Waals surface area (Å²) < 4.78 is 5.70. The van der Waals surface area contributed by atoms with Gasteiger partial charge in [-0.1, -0.05) is 42.5 Å². The zero-order valence-electron chi connectivity index (χ0n) is 16.7. The number of esters is 1. The smallest absolute Gasteiger partial charge is 0.311 e. The van der Waals surface area contributed by atoms with E-state index in [1.54, 1.807) is 0 Å². The number of hydrogen-bond donors (Lipinski definition) is 0. The minimum atomic E-state index is -0.0974. The van der Waals surface area contributed by atoms with Crippen molar-refractivity contribution >= 4 is 47.4 Å². The van der Waals surface area contributed by atoms with Crippen LogP contribution in [0.2, 0.25) is 0 Å². The number of benzene rings is 2. The van der Waals surface area contributed by atoms with Gasteiger partial charge in [0, 0.05) is 6.42 Å². The van der Waals surface area contributed by atoms with Gasteiger partial charge in [-0.25, -0.2) is 0 Å². The van der Waals surface area contributed by atoms with E-state index < -0.39 is 0 Å². The number of piperidine rings is 1. The highest BCUT2D eigenvalue weighted by molar-refractivity contribution is 5.96. The molecule has 5 rings (SSSR count). The van der Waals surface area contributed by atoms with Gasteiger partial charge in [0.2, 0.25) is 0 Å². The molecule has 0 bridgehead atoms. The van der Waals surface area contributed by atoms with Gasteiger partial charge >= 0.3 is 5.97 Å². The standard InChI is InChI=1S/C25H25NO2.ClH/c1-26-13-11-17(12-14-26)15-25(27)28-20-7-10-22-19(16-20)6-9-23-21-4-2-3-18(21)5-8-24(22)23;/h2-9,16-17H,10-15H2,1H3;1H. The van der Waals surface area contributed by atoms with Crippen LogP contribution in [0.5, 0.6) is 0 Å². The Morgan fingerprint density at radius 3 is 2.69 bits per heavy atom. The Bertz CT molecular complexity index is 1140. The van der Waals surface area contributed by atoms with Crippen LogP contribution in [0.1, 0.15) is 30.4 Å². The fourth-order valence-electron chi connectivity index (χ4n) is 4.63. The summed E-state index contributed by atoms with van der Waals surface area (Å²) in [5, 5.41) is 5.03. The average molecular weight is 408 g/mol. The molecular formula is C25H26ClNO2. The normalized spacial score (nSPS) is 18.2. The first-order chi connectivity index (χ1) is 13.7. The van der Waals surface area contributed by atoms with Crippen molar-refractivity contribution in [3.63, 3.8) is 0 Å². The Kier molecular flexibility index (Phi) is 5.62. The maximum Gasteiger partial charge on any atom is 0.311 e. The molecule has 29 heavy (non-hydrogen) atoms. The molecule has 1 aliphatic heterocycles. The van der Waals surface area contributed by atoms with E-state index in [4.69, 9.17) is 4.74 Å². The Balaban J connectivity index is 0.00000205.